The molecule has 4 aliphatic rings. The molecule has 4 bridgehead atoms. The number of para-hydroxylation sites is 1. The molecule has 5 rings (SSSR count). The molecule has 3 nitrogen and oxygen atoms in total. The van der Waals surface area contributed by atoms with Gasteiger partial charge in [0.25, 0.3) is 5.91 Å². The van der Waals surface area contributed by atoms with Crippen molar-refractivity contribution in [3.8, 4) is 5.75 Å². The van der Waals surface area contributed by atoms with Crippen LogP contribution in [0.1, 0.15) is 44.1 Å². The predicted octanol–water partition coefficient (Wildman–Crippen LogP) is 3.46. The Bertz CT molecular complexity index is 545. The molecule has 0 spiro atoms. The molecule has 0 heterocycles. The fourth-order valence-electron chi connectivity index (χ4n) is 5.46. The molecule has 1 aromatic carbocycles. The number of rotatable bonds is 4. The summed E-state index contributed by atoms with van der Waals surface area (Å²) in [6.07, 6.45) is 7.76. The van der Waals surface area contributed by atoms with Crippen molar-refractivity contribution in [2.24, 2.45) is 17.8 Å². The van der Waals surface area contributed by atoms with Crippen molar-refractivity contribution in [2.75, 3.05) is 6.61 Å². The molecular weight excluding hydrogens is 274 g/mol. The summed E-state index contributed by atoms with van der Waals surface area (Å²) in [5.41, 5.74) is 1.16. The fourth-order valence-corrected chi connectivity index (χ4v) is 5.46. The van der Waals surface area contributed by atoms with Crippen LogP contribution in [0.3, 0.4) is 0 Å². The molecule has 0 aromatic heterocycles. The van der Waals surface area contributed by atoms with E-state index in [4.69, 9.17) is 4.74 Å². The highest BCUT2D eigenvalue weighted by molar-refractivity contribution is 5.78. The van der Waals surface area contributed by atoms with Crippen LogP contribution in [0.4, 0.5) is 0 Å². The minimum atomic E-state index is 0.0465. The molecule has 1 amide bonds. The van der Waals surface area contributed by atoms with Crippen LogP contribution >= 0.6 is 0 Å². The smallest absolute Gasteiger partial charge is 0.258 e. The van der Waals surface area contributed by atoms with Crippen LogP contribution in [-0.4, -0.2) is 18.1 Å². The molecule has 0 aliphatic heterocycles. The normalized spacial score (nSPS) is 35.4. The SMILES string of the molecule is Cc1ccccc1OCC(=O)NC12CC3CC(CC(C3)C1)C2. The second kappa shape index (κ2) is 5.29. The van der Waals surface area contributed by atoms with Gasteiger partial charge < -0.3 is 10.1 Å². The van der Waals surface area contributed by atoms with E-state index in [0.29, 0.717) is 0 Å². The number of nitrogens with one attached hydrogen (secondary N) is 1. The van der Waals surface area contributed by atoms with Crippen molar-refractivity contribution in [1.29, 1.82) is 0 Å². The maximum absolute atomic E-state index is 12.4. The third kappa shape index (κ3) is 2.62. The standard InChI is InChI=1S/C19H25NO2/c1-13-4-2-3-5-17(13)22-12-18(21)20-19-9-14-6-15(10-19)8-16(7-14)11-19/h2-5,14-16H,6-12H2,1H3,(H,20,21). The molecule has 0 unspecified atom stereocenters. The Balaban J connectivity index is 1.37. The number of ether oxygens (including phenoxy) is 1. The summed E-state index contributed by atoms with van der Waals surface area (Å²) in [7, 11) is 0. The topological polar surface area (TPSA) is 38.3 Å². The van der Waals surface area contributed by atoms with Crippen molar-refractivity contribution >= 4 is 5.91 Å². The van der Waals surface area contributed by atoms with Crippen LogP contribution in [0, 0.1) is 24.7 Å². The molecule has 4 fully saturated rings. The van der Waals surface area contributed by atoms with E-state index >= 15 is 0 Å². The van der Waals surface area contributed by atoms with Crippen LogP contribution in [0.5, 0.6) is 5.75 Å². The van der Waals surface area contributed by atoms with Gasteiger partial charge in [0.05, 0.1) is 0 Å². The van der Waals surface area contributed by atoms with Crippen molar-refractivity contribution in [1.82, 2.24) is 5.32 Å². The Hall–Kier alpha value is -1.51. The first-order valence-corrected chi connectivity index (χ1v) is 8.61. The average Bonchev–Trinajstić information content (AvgIpc) is 2.44. The molecule has 1 N–H and O–H groups in total. The van der Waals surface area contributed by atoms with Gasteiger partial charge in [0.1, 0.15) is 5.75 Å². The van der Waals surface area contributed by atoms with Gasteiger partial charge in [-0.05, 0) is 74.8 Å². The maximum Gasteiger partial charge on any atom is 0.258 e. The first-order valence-electron chi connectivity index (χ1n) is 8.61. The molecule has 118 valence electrons. The van der Waals surface area contributed by atoms with E-state index in [2.05, 4.69) is 5.32 Å². The summed E-state index contributed by atoms with van der Waals surface area (Å²) in [4.78, 5) is 12.4. The largest absolute Gasteiger partial charge is 0.484 e. The highest BCUT2D eigenvalue weighted by Crippen LogP contribution is 2.55. The van der Waals surface area contributed by atoms with Crippen molar-refractivity contribution < 1.29 is 9.53 Å². The van der Waals surface area contributed by atoms with Crippen LogP contribution in [0.25, 0.3) is 0 Å². The lowest BCUT2D eigenvalue weighted by Crippen LogP contribution is -2.60. The van der Waals surface area contributed by atoms with E-state index in [0.717, 1.165) is 29.1 Å². The minimum absolute atomic E-state index is 0.0465. The van der Waals surface area contributed by atoms with Gasteiger partial charge >= 0.3 is 0 Å². The van der Waals surface area contributed by atoms with Crippen molar-refractivity contribution in [3.63, 3.8) is 0 Å². The second-order valence-electron chi connectivity index (χ2n) is 7.80. The Morgan fingerprint density at radius 1 is 1.14 bits per heavy atom. The lowest BCUT2D eigenvalue weighted by atomic mass is 9.53. The summed E-state index contributed by atoms with van der Waals surface area (Å²) >= 11 is 0. The zero-order chi connectivity index (χ0) is 15.2. The minimum Gasteiger partial charge on any atom is -0.484 e. The second-order valence-corrected chi connectivity index (χ2v) is 7.80. The monoisotopic (exact) mass is 299 g/mol. The number of amides is 1. The molecule has 0 atom stereocenters. The van der Waals surface area contributed by atoms with Crippen LogP contribution in [0.2, 0.25) is 0 Å². The summed E-state index contributed by atoms with van der Waals surface area (Å²) in [6, 6.07) is 7.86. The quantitative estimate of drug-likeness (QED) is 0.924. The Kier molecular flexibility index (Phi) is 3.39. The number of carbonyl (C=O) groups excluding carboxylic acids is 1. The van der Waals surface area contributed by atoms with Gasteiger partial charge in [-0.15, -0.1) is 0 Å². The average molecular weight is 299 g/mol. The summed E-state index contributed by atoms with van der Waals surface area (Å²) in [6.45, 7) is 2.14. The molecule has 0 radical (unpaired) electrons. The Labute approximate surface area is 132 Å². The highest BCUT2D eigenvalue weighted by atomic mass is 16.5. The third-order valence-electron chi connectivity index (χ3n) is 5.90. The molecule has 0 saturated heterocycles. The van der Waals surface area contributed by atoms with E-state index in [1.54, 1.807) is 0 Å². The van der Waals surface area contributed by atoms with Gasteiger partial charge in [0.15, 0.2) is 6.61 Å². The van der Waals surface area contributed by atoms with Crippen LogP contribution < -0.4 is 10.1 Å². The summed E-state index contributed by atoms with van der Waals surface area (Å²) in [5, 5.41) is 3.35. The van der Waals surface area contributed by atoms with Crippen molar-refractivity contribution in [2.45, 2.75) is 51.0 Å². The Morgan fingerprint density at radius 3 is 2.32 bits per heavy atom. The van der Waals surface area contributed by atoms with E-state index in [-0.39, 0.29) is 18.1 Å². The number of hydrogen-bond donors (Lipinski definition) is 1. The first-order chi connectivity index (χ1) is 10.6. The van der Waals surface area contributed by atoms with Crippen LogP contribution in [0.15, 0.2) is 24.3 Å². The van der Waals surface area contributed by atoms with Gasteiger partial charge in [-0.2, -0.15) is 0 Å². The van der Waals surface area contributed by atoms with Gasteiger partial charge in [-0.25, -0.2) is 0 Å². The molecule has 4 aliphatic carbocycles. The van der Waals surface area contributed by atoms with Crippen LogP contribution in [-0.2, 0) is 4.79 Å². The number of hydrogen-bond acceptors (Lipinski definition) is 2. The fraction of sp³-hybridized carbons (Fsp3) is 0.632. The third-order valence-corrected chi connectivity index (χ3v) is 5.90. The van der Waals surface area contributed by atoms with E-state index in [1.807, 2.05) is 31.2 Å². The van der Waals surface area contributed by atoms with Gasteiger partial charge in [0, 0.05) is 5.54 Å². The van der Waals surface area contributed by atoms with E-state index in [9.17, 15) is 4.79 Å². The van der Waals surface area contributed by atoms with Crippen molar-refractivity contribution in [3.05, 3.63) is 29.8 Å². The Morgan fingerprint density at radius 2 is 1.73 bits per heavy atom. The molecule has 3 heteroatoms. The highest BCUT2D eigenvalue weighted by Gasteiger charge is 2.51. The molecule has 4 saturated carbocycles. The molecule has 22 heavy (non-hydrogen) atoms. The van der Waals surface area contributed by atoms with Gasteiger partial charge in [0.2, 0.25) is 0 Å². The lowest BCUT2D eigenvalue weighted by Gasteiger charge is -2.56. The summed E-state index contributed by atoms with van der Waals surface area (Å²) in [5.74, 6) is 3.41. The maximum atomic E-state index is 12.4. The van der Waals surface area contributed by atoms with Gasteiger partial charge in [-0.1, -0.05) is 18.2 Å². The lowest BCUT2D eigenvalue weighted by molar-refractivity contribution is -0.128. The van der Waals surface area contributed by atoms with E-state index < -0.39 is 0 Å². The first kappa shape index (κ1) is 14.1. The number of carbonyl (C=O) groups is 1. The zero-order valence-corrected chi connectivity index (χ0v) is 13.3. The number of aryl methyl sites for hydroxylation is 1. The molecule has 1 aromatic rings. The zero-order valence-electron chi connectivity index (χ0n) is 13.3. The predicted molar refractivity (Wildman–Crippen MR) is 85.7 cm³/mol. The number of benzene rings is 1. The summed E-state index contributed by atoms with van der Waals surface area (Å²) < 4.78 is 5.70. The van der Waals surface area contributed by atoms with E-state index in [1.165, 1.54) is 38.5 Å². The van der Waals surface area contributed by atoms with Gasteiger partial charge in [-0.3, -0.25) is 4.79 Å². The molecular formula is C19H25NO2.